The number of nitrogens with two attached hydrogens (primary N) is 1. The number of benzene rings is 1. The van der Waals surface area contributed by atoms with Crippen molar-refractivity contribution in [2.75, 3.05) is 44.9 Å². The van der Waals surface area contributed by atoms with E-state index in [1.54, 1.807) is 26.4 Å². The maximum absolute atomic E-state index is 12.2. The number of nitrogens with zero attached hydrogens (tertiary/aromatic N) is 3. The summed E-state index contributed by atoms with van der Waals surface area (Å²) in [6.45, 7) is 2.46. The Hall–Kier alpha value is -2.77. The molecule has 1 aliphatic heterocycles. The van der Waals surface area contributed by atoms with Crippen molar-refractivity contribution in [2.24, 2.45) is 11.8 Å². The van der Waals surface area contributed by atoms with Crippen LogP contribution >= 0.6 is 0 Å². The minimum atomic E-state index is 0.305. The number of hydrogen-bond acceptors (Lipinski definition) is 7. The first-order chi connectivity index (χ1) is 13.6. The smallest absolute Gasteiger partial charge is 0.225 e. The van der Waals surface area contributed by atoms with Crippen molar-refractivity contribution in [3.63, 3.8) is 0 Å². The van der Waals surface area contributed by atoms with Gasteiger partial charge in [-0.05, 0) is 37.7 Å². The number of aromatic nitrogens is 2. The lowest BCUT2D eigenvalue weighted by Gasteiger charge is -2.32. The van der Waals surface area contributed by atoms with Crippen LogP contribution < -0.4 is 20.5 Å². The number of rotatable bonds is 6. The Bertz CT molecular complexity index is 876. The Morgan fingerprint density at radius 2 is 1.82 bits per heavy atom. The predicted molar refractivity (Wildman–Crippen MR) is 108 cm³/mol. The second-order valence-corrected chi connectivity index (χ2v) is 7.58. The summed E-state index contributed by atoms with van der Waals surface area (Å²) in [5.41, 5.74) is 6.84. The molecule has 150 valence electrons. The van der Waals surface area contributed by atoms with E-state index in [2.05, 4.69) is 15.3 Å². The zero-order valence-electron chi connectivity index (χ0n) is 16.4. The van der Waals surface area contributed by atoms with Crippen molar-refractivity contribution in [1.29, 1.82) is 0 Å². The summed E-state index contributed by atoms with van der Waals surface area (Å²) in [6.07, 6.45) is 4.13. The van der Waals surface area contributed by atoms with Gasteiger partial charge >= 0.3 is 0 Å². The third-order valence-electron chi connectivity index (χ3n) is 5.63. The zero-order valence-corrected chi connectivity index (χ0v) is 16.4. The number of nitrogens with one attached hydrogen (secondary N) is 1. The molecule has 2 heterocycles. The third kappa shape index (κ3) is 3.76. The minimum Gasteiger partial charge on any atom is -0.493 e. The molecule has 0 bridgehead atoms. The third-order valence-corrected chi connectivity index (χ3v) is 5.63. The van der Waals surface area contributed by atoms with E-state index in [9.17, 15) is 4.79 Å². The molecule has 8 heteroatoms. The summed E-state index contributed by atoms with van der Waals surface area (Å²) in [7, 11) is 3.17. The molecule has 1 aromatic heterocycles. The van der Waals surface area contributed by atoms with E-state index < -0.39 is 0 Å². The number of carbonyl (C=O) groups excluding carboxylic acids is 1. The van der Waals surface area contributed by atoms with E-state index in [1.165, 1.54) is 0 Å². The first-order valence-corrected chi connectivity index (χ1v) is 9.81. The Kier molecular flexibility index (Phi) is 5.11. The van der Waals surface area contributed by atoms with Crippen LogP contribution in [0.2, 0.25) is 0 Å². The molecule has 1 aliphatic carbocycles. The number of amides is 1. The summed E-state index contributed by atoms with van der Waals surface area (Å²) < 4.78 is 10.7. The molecular formula is C20H27N5O3. The van der Waals surface area contributed by atoms with E-state index in [0.29, 0.717) is 46.5 Å². The summed E-state index contributed by atoms with van der Waals surface area (Å²) >= 11 is 0. The van der Waals surface area contributed by atoms with Crippen molar-refractivity contribution in [3.05, 3.63) is 12.1 Å². The topological polar surface area (TPSA) is 103 Å². The van der Waals surface area contributed by atoms with Crippen LogP contribution in [0.15, 0.2) is 12.1 Å². The molecule has 1 saturated carbocycles. The van der Waals surface area contributed by atoms with Crippen LogP contribution in [0.25, 0.3) is 10.9 Å². The number of anilines is 2. The minimum absolute atomic E-state index is 0.305. The van der Waals surface area contributed by atoms with E-state index in [4.69, 9.17) is 15.2 Å². The second-order valence-electron chi connectivity index (χ2n) is 7.58. The quantitative estimate of drug-likeness (QED) is 0.786. The fraction of sp³-hybridized carbons (Fsp3) is 0.550. The van der Waals surface area contributed by atoms with Gasteiger partial charge in [0.1, 0.15) is 5.82 Å². The van der Waals surface area contributed by atoms with Gasteiger partial charge in [-0.2, -0.15) is 4.98 Å². The van der Waals surface area contributed by atoms with Crippen molar-refractivity contribution >= 4 is 28.6 Å². The first kappa shape index (κ1) is 18.6. The van der Waals surface area contributed by atoms with Crippen molar-refractivity contribution in [1.82, 2.24) is 14.9 Å². The fourth-order valence-corrected chi connectivity index (χ4v) is 3.74. The molecule has 2 aromatic rings. The summed E-state index contributed by atoms with van der Waals surface area (Å²) in [5.74, 6) is 3.26. The summed E-state index contributed by atoms with van der Waals surface area (Å²) in [4.78, 5) is 23.2. The van der Waals surface area contributed by atoms with Crippen LogP contribution in [0, 0.1) is 11.8 Å². The van der Waals surface area contributed by atoms with Crippen molar-refractivity contribution < 1.29 is 14.3 Å². The number of hydrogen-bond donors (Lipinski definition) is 2. The SMILES string of the molecule is COc1cc2nc(NCC3CCN(C(=O)C4CC4)CC3)nc(N)c2cc1OC. The van der Waals surface area contributed by atoms with Gasteiger partial charge in [0.05, 0.1) is 19.7 Å². The molecule has 3 N–H and O–H groups in total. The van der Waals surface area contributed by atoms with Crippen LogP contribution in [-0.4, -0.2) is 54.6 Å². The van der Waals surface area contributed by atoms with Crippen LogP contribution in [0.5, 0.6) is 11.5 Å². The standard InChI is InChI=1S/C20H27N5O3/c1-27-16-9-14-15(10-17(16)28-2)23-20(24-18(14)21)22-11-12-5-7-25(8-6-12)19(26)13-3-4-13/h9-10,12-13H,3-8,11H2,1-2H3,(H3,21,22,23,24). The molecule has 2 aliphatic rings. The summed E-state index contributed by atoms with van der Waals surface area (Å²) in [6, 6.07) is 3.60. The zero-order chi connectivity index (χ0) is 19.7. The number of carbonyl (C=O) groups is 1. The molecule has 0 unspecified atom stereocenters. The molecule has 1 saturated heterocycles. The van der Waals surface area contributed by atoms with E-state index >= 15 is 0 Å². The van der Waals surface area contributed by atoms with Crippen molar-refractivity contribution in [3.8, 4) is 11.5 Å². The van der Waals surface area contributed by atoms with Gasteiger partial charge in [0.2, 0.25) is 11.9 Å². The number of fused-ring (bicyclic) bond motifs is 1. The van der Waals surface area contributed by atoms with E-state index in [-0.39, 0.29) is 0 Å². The number of ether oxygens (including phenoxy) is 2. The van der Waals surface area contributed by atoms with Crippen molar-refractivity contribution in [2.45, 2.75) is 25.7 Å². The van der Waals surface area contributed by atoms with Crippen LogP contribution in [0.1, 0.15) is 25.7 Å². The van der Waals surface area contributed by atoms with Gasteiger partial charge in [-0.15, -0.1) is 0 Å². The highest BCUT2D eigenvalue weighted by molar-refractivity contribution is 5.91. The Morgan fingerprint density at radius 1 is 1.14 bits per heavy atom. The maximum Gasteiger partial charge on any atom is 0.225 e. The predicted octanol–water partition coefficient (Wildman–Crippen LogP) is 2.29. The molecule has 28 heavy (non-hydrogen) atoms. The van der Waals surface area contributed by atoms with Crippen LogP contribution in [-0.2, 0) is 4.79 Å². The first-order valence-electron chi connectivity index (χ1n) is 9.81. The van der Waals surface area contributed by atoms with Crippen LogP contribution in [0.3, 0.4) is 0 Å². The van der Waals surface area contributed by atoms with Gasteiger partial charge in [-0.25, -0.2) is 4.98 Å². The molecule has 0 spiro atoms. The Labute approximate surface area is 164 Å². The number of nitrogen functional groups attached to an aromatic ring is 1. The molecular weight excluding hydrogens is 358 g/mol. The Morgan fingerprint density at radius 3 is 2.46 bits per heavy atom. The highest BCUT2D eigenvalue weighted by atomic mass is 16.5. The molecule has 0 atom stereocenters. The molecule has 0 radical (unpaired) electrons. The number of likely N-dealkylation sites (tertiary alicyclic amines) is 1. The highest BCUT2D eigenvalue weighted by Gasteiger charge is 2.34. The van der Waals surface area contributed by atoms with Gasteiger partial charge in [0.25, 0.3) is 0 Å². The van der Waals surface area contributed by atoms with E-state index in [1.807, 2.05) is 4.90 Å². The molecule has 1 amide bonds. The number of piperidine rings is 1. The average Bonchev–Trinajstić information content (AvgIpc) is 3.56. The van der Waals surface area contributed by atoms with Gasteiger partial charge < -0.3 is 25.4 Å². The molecule has 8 nitrogen and oxygen atoms in total. The molecule has 2 fully saturated rings. The van der Waals surface area contributed by atoms with Gasteiger partial charge in [0.15, 0.2) is 11.5 Å². The average molecular weight is 385 g/mol. The monoisotopic (exact) mass is 385 g/mol. The maximum atomic E-state index is 12.2. The molecule has 1 aromatic carbocycles. The normalized spacial score (nSPS) is 17.6. The van der Waals surface area contributed by atoms with Gasteiger partial charge in [0, 0.05) is 37.0 Å². The fourth-order valence-electron chi connectivity index (χ4n) is 3.74. The lowest BCUT2D eigenvalue weighted by atomic mass is 9.96. The lowest BCUT2D eigenvalue weighted by Crippen LogP contribution is -2.40. The molecule has 4 rings (SSSR count). The second kappa shape index (κ2) is 7.69. The number of methoxy groups -OCH3 is 2. The van der Waals surface area contributed by atoms with E-state index in [0.717, 1.165) is 50.7 Å². The largest absolute Gasteiger partial charge is 0.493 e. The Balaban J connectivity index is 1.40. The van der Waals surface area contributed by atoms with Gasteiger partial charge in [-0.1, -0.05) is 0 Å². The highest BCUT2D eigenvalue weighted by Crippen LogP contribution is 2.34. The lowest BCUT2D eigenvalue weighted by molar-refractivity contribution is -0.133. The van der Waals surface area contributed by atoms with Crippen LogP contribution in [0.4, 0.5) is 11.8 Å². The summed E-state index contributed by atoms with van der Waals surface area (Å²) in [5, 5.41) is 4.05. The van der Waals surface area contributed by atoms with Gasteiger partial charge in [-0.3, -0.25) is 4.79 Å².